The molecule has 27 heavy (non-hydrogen) atoms. The summed E-state index contributed by atoms with van der Waals surface area (Å²) in [5.74, 6) is -0.0108. The highest BCUT2D eigenvalue weighted by molar-refractivity contribution is 7.89. The number of hydrogen-bond acceptors (Lipinski definition) is 4. The Morgan fingerprint density at radius 2 is 1.59 bits per heavy atom. The molecule has 1 aliphatic rings. The summed E-state index contributed by atoms with van der Waals surface area (Å²) in [4.78, 5) is 14.7. The Bertz CT molecular complexity index is 772. The normalized spacial score (nSPS) is 17.1. The summed E-state index contributed by atoms with van der Waals surface area (Å²) in [5, 5.41) is 3.03. The van der Waals surface area contributed by atoms with Gasteiger partial charge in [0.1, 0.15) is 0 Å². The highest BCUT2D eigenvalue weighted by Crippen LogP contribution is 2.26. The van der Waals surface area contributed by atoms with E-state index < -0.39 is 10.0 Å². The summed E-state index contributed by atoms with van der Waals surface area (Å²) in [6, 6.07) is 3.83. The Hall–Kier alpha value is -1.44. The standard InChI is InChI=1S/C20H33N3O3S/c1-7-20(5,6)21-18(24)14-22-8-10-23(11-9-22)27(25,26)19-16(3)12-15(2)13-17(19)4/h12-13H,7-11,14H2,1-6H3,(H,21,24). The van der Waals surface area contributed by atoms with Crippen molar-refractivity contribution in [2.45, 2.75) is 58.4 Å². The number of carbonyl (C=O) groups excluding carboxylic acids is 1. The summed E-state index contributed by atoms with van der Waals surface area (Å²) in [6.45, 7) is 13.9. The van der Waals surface area contributed by atoms with Crippen molar-refractivity contribution in [3.05, 3.63) is 28.8 Å². The van der Waals surface area contributed by atoms with Crippen LogP contribution in [0.4, 0.5) is 0 Å². The minimum absolute atomic E-state index is 0.0108. The third kappa shape index (κ3) is 5.30. The van der Waals surface area contributed by atoms with Crippen LogP contribution in [0.25, 0.3) is 0 Å². The van der Waals surface area contributed by atoms with Crippen molar-refractivity contribution in [3.63, 3.8) is 0 Å². The third-order valence-electron chi connectivity index (χ3n) is 5.26. The van der Waals surface area contributed by atoms with Crippen molar-refractivity contribution in [2.75, 3.05) is 32.7 Å². The van der Waals surface area contributed by atoms with Crippen LogP contribution in [0.3, 0.4) is 0 Å². The van der Waals surface area contributed by atoms with Gasteiger partial charge in [-0.15, -0.1) is 0 Å². The van der Waals surface area contributed by atoms with Crippen molar-refractivity contribution < 1.29 is 13.2 Å². The smallest absolute Gasteiger partial charge is 0.243 e. The summed E-state index contributed by atoms with van der Waals surface area (Å²) in [7, 11) is -3.52. The number of aryl methyl sites for hydroxylation is 3. The number of hydrogen-bond donors (Lipinski definition) is 1. The number of nitrogens with one attached hydrogen (secondary N) is 1. The molecule has 0 aromatic heterocycles. The molecule has 1 fully saturated rings. The summed E-state index contributed by atoms with van der Waals surface area (Å²) in [5.41, 5.74) is 2.42. The van der Waals surface area contributed by atoms with Gasteiger partial charge in [-0.25, -0.2) is 8.42 Å². The van der Waals surface area contributed by atoms with Gasteiger partial charge in [0, 0.05) is 31.7 Å². The van der Waals surface area contributed by atoms with Gasteiger partial charge < -0.3 is 5.32 Å². The van der Waals surface area contributed by atoms with Gasteiger partial charge in [-0.3, -0.25) is 9.69 Å². The van der Waals surface area contributed by atoms with E-state index in [-0.39, 0.29) is 11.4 Å². The van der Waals surface area contributed by atoms with Crippen LogP contribution in [0, 0.1) is 20.8 Å². The highest BCUT2D eigenvalue weighted by atomic mass is 32.2. The fourth-order valence-electron chi connectivity index (χ4n) is 3.54. The predicted molar refractivity (Wildman–Crippen MR) is 108 cm³/mol. The lowest BCUT2D eigenvalue weighted by Gasteiger charge is -2.35. The lowest BCUT2D eigenvalue weighted by atomic mass is 10.0. The van der Waals surface area contributed by atoms with Gasteiger partial charge in [0.05, 0.1) is 11.4 Å². The topological polar surface area (TPSA) is 69.7 Å². The van der Waals surface area contributed by atoms with Gasteiger partial charge in [0.15, 0.2) is 0 Å². The molecule has 0 spiro atoms. The number of carbonyl (C=O) groups is 1. The molecule has 6 nitrogen and oxygen atoms in total. The van der Waals surface area contributed by atoms with Gasteiger partial charge in [-0.1, -0.05) is 24.6 Å². The van der Waals surface area contributed by atoms with E-state index in [4.69, 9.17) is 0 Å². The Labute approximate surface area is 164 Å². The van der Waals surface area contributed by atoms with Gasteiger partial charge >= 0.3 is 0 Å². The second-order valence-corrected chi connectivity index (χ2v) is 10.1. The van der Waals surface area contributed by atoms with E-state index in [2.05, 4.69) is 5.32 Å². The lowest BCUT2D eigenvalue weighted by Crippen LogP contribution is -2.53. The Morgan fingerprint density at radius 1 is 1.07 bits per heavy atom. The molecule has 1 aromatic carbocycles. The molecule has 1 aliphatic heterocycles. The first kappa shape index (κ1) is 21.9. The molecule has 0 bridgehead atoms. The maximum absolute atomic E-state index is 13.1. The maximum Gasteiger partial charge on any atom is 0.243 e. The summed E-state index contributed by atoms with van der Waals surface area (Å²) >= 11 is 0. The van der Waals surface area contributed by atoms with E-state index in [0.717, 1.165) is 23.1 Å². The van der Waals surface area contributed by atoms with E-state index in [9.17, 15) is 13.2 Å². The number of sulfonamides is 1. The molecule has 1 aromatic rings. The molecule has 152 valence electrons. The van der Waals surface area contributed by atoms with Crippen LogP contribution >= 0.6 is 0 Å². The molecule has 2 rings (SSSR count). The maximum atomic E-state index is 13.1. The van der Waals surface area contributed by atoms with Gasteiger partial charge in [0.25, 0.3) is 0 Å². The molecule has 1 saturated heterocycles. The quantitative estimate of drug-likeness (QED) is 0.802. The number of nitrogens with zero attached hydrogens (tertiary/aromatic N) is 2. The zero-order valence-corrected chi connectivity index (χ0v) is 18.2. The molecule has 7 heteroatoms. The number of benzene rings is 1. The molecule has 0 atom stereocenters. The molecule has 0 aliphatic carbocycles. The first-order valence-corrected chi connectivity index (χ1v) is 11.0. The van der Waals surface area contributed by atoms with E-state index in [1.807, 2.05) is 58.6 Å². The largest absolute Gasteiger partial charge is 0.350 e. The second kappa shape index (κ2) is 8.29. The molecule has 1 heterocycles. The van der Waals surface area contributed by atoms with E-state index in [1.54, 1.807) is 4.31 Å². The van der Waals surface area contributed by atoms with Crippen molar-refractivity contribution in [3.8, 4) is 0 Å². The van der Waals surface area contributed by atoms with Gasteiger partial charge in [0.2, 0.25) is 15.9 Å². The average molecular weight is 396 g/mol. The molecule has 0 saturated carbocycles. The predicted octanol–water partition coefficient (Wildman–Crippen LogP) is 2.22. The zero-order valence-electron chi connectivity index (χ0n) is 17.4. The Balaban J connectivity index is 2.02. The fraction of sp³-hybridized carbons (Fsp3) is 0.650. The lowest BCUT2D eigenvalue weighted by molar-refractivity contribution is -0.124. The van der Waals surface area contributed by atoms with E-state index >= 15 is 0 Å². The number of amides is 1. The monoisotopic (exact) mass is 395 g/mol. The molecule has 1 N–H and O–H groups in total. The minimum Gasteiger partial charge on any atom is -0.350 e. The SMILES string of the molecule is CCC(C)(C)NC(=O)CN1CCN(S(=O)(=O)c2c(C)cc(C)cc2C)CC1. The van der Waals surface area contributed by atoms with Crippen LogP contribution in [0.2, 0.25) is 0 Å². The molecule has 0 radical (unpaired) electrons. The van der Waals surface area contributed by atoms with Crippen molar-refractivity contribution >= 4 is 15.9 Å². The first-order valence-electron chi connectivity index (χ1n) is 9.57. The zero-order chi connectivity index (χ0) is 20.4. The summed E-state index contributed by atoms with van der Waals surface area (Å²) in [6.07, 6.45) is 0.861. The van der Waals surface area contributed by atoms with Crippen molar-refractivity contribution in [1.82, 2.24) is 14.5 Å². The van der Waals surface area contributed by atoms with Crippen LogP contribution in [0.1, 0.15) is 43.9 Å². The van der Waals surface area contributed by atoms with Gasteiger partial charge in [-0.05, 0) is 52.2 Å². The Kier molecular flexibility index (Phi) is 6.71. The number of rotatable bonds is 6. The van der Waals surface area contributed by atoms with Crippen LogP contribution in [0.5, 0.6) is 0 Å². The fourth-order valence-corrected chi connectivity index (χ4v) is 5.37. The third-order valence-corrected chi connectivity index (χ3v) is 7.47. The molecular weight excluding hydrogens is 362 g/mol. The number of piperazine rings is 1. The van der Waals surface area contributed by atoms with E-state index in [0.29, 0.717) is 37.6 Å². The molecular formula is C20H33N3O3S. The second-order valence-electron chi connectivity index (χ2n) is 8.19. The molecule has 0 unspecified atom stereocenters. The molecule has 1 amide bonds. The van der Waals surface area contributed by atoms with E-state index in [1.165, 1.54) is 0 Å². The first-order chi connectivity index (χ1) is 12.5. The van der Waals surface area contributed by atoms with Crippen LogP contribution in [0.15, 0.2) is 17.0 Å². The van der Waals surface area contributed by atoms with Crippen molar-refractivity contribution in [2.24, 2.45) is 0 Å². The van der Waals surface area contributed by atoms with Crippen molar-refractivity contribution in [1.29, 1.82) is 0 Å². The van der Waals surface area contributed by atoms with Crippen LogP contribution in [-0.2, 0) is 14.8 Å². The van der Waals surface area contributed by atoms with Crippen LogP contribution < -0.4 is 5.32 Å². The summed E-state index contributed by atoms with van der Waals surface area (Å²) < 4.78 is 27.8. The highest BCUT2D eigenvalue weighted by Gasteiger charge is 2.31. The van der Waals surface area contributed by atoms with Gasteiger partial charge in [-0.2, -0.15) is 4.31 Å². The average Bonchev–Trinajstić information content (AvgIpc) is 2.53. The van der Waals surface area contributed by atoms with Crippen LogP contribution in [-0.4, -0.2) is 61.8 Å². The minimum atomic E-state index is -3.52. The Morgan fingerprint density at radius 3 is 2.07 bits per heavy atom.